The molecule has 3 rings (SSSR count). The molecule has 25 heavy (non-hydrogen) atoms. The number of hydrogen-bond acceptors (Lipinski definition) is 3. The summed E-state index contributed by atoms with van der Waals surface area (Å²) in [6.45, 7) is 0.501. The van der Waals surface area contributed by atoms with Gasteiger partial charge in [-0.15, -0.1) is 0 Å². The lowest BCUT2D eigenvalue weighted by molar-refractivity contribution is -0.116. The second-order valence-electron chi connectivity index (χ2n) is 6.44. The van der Waals surface area contributed by atoms with E-state index in [4.69, 9.17) is 4.74 Å². The molecule has 0 saturated carbocycles. The highest BCUT2D eigenvalue weighted by molar-refractivity contribution is 6.00. The maximum absolute atomic E-state index is 12.3. The first-order chi connectivity index (χ1) is 12.2. The molecule has 0 bridgehead atoms. The number of nitrogens with one attached hydrogen (secondary N) is 1. The van der Waals surface area contributed by atoms with Crippen LogP contribution in [0.25, 0.3) is 0 Å². The van der Waals surface area contributed by atoms with Crippen molar-refractivity contribution < 1.29 is 14.3 Å². The molecular formula is C21H23NO3. The fraction of sp³-hybridized carbons (Fsp3) is 0.333. The summed E-state index contributed by atoms with van der Waals surface area (Å²) in [5.41, 5.74) is 5.07. The van der Waals surface area contributed by atoms with Crippen molar-refractivity contribution in [3.8, 4) is 0 Å². The van der Waals surface area contributed by atoms with Crippen molar-refractivity contribution in [2.75, 3.05) is 12.4 Å². The van der Waals surface area contributed by atoms with Crippen LogP contribution in [0.3, 0.4) is 0 Å². The van der Waals surface area contributed by atoms with Crippen molar-refractivity contribution in [1.82, 2.24) is 0 Å². The summed E-state index contributed by atoms with van der Waals surface area (Å²) in [5, 5.41) is 2.84. The molecule has 0 aliphatic heterocycles. The van der Waals surface area contributed by atoms with Crippen LogP contribution in [0.15, 0.2) is 42.5 Å². The van der Waals surface area contributed by atoms with Gasteiger partial charge < -0.3 is 10.1 Å². The van der Waals surface area contributed by atoms with Crippen molar-refractivity contribution in [1.29, 1.82) is 0 Å². The zero-order valence-corrected chi connectivity index (χ0v) is 14.5. The second-order valence-corrected chi connectivity index (χ2v) is 6.44. The van der Waals surface area contributed by atoms with Crippen LogP contribution in [0.2, 0.25) is 0 Å². The van der Waals surface area contributed by atoms with Gasteiger partial charge in [-0.1, -0.05) is 24.3 Å². The van der Waals surface area contributed by atoms with Crippen LogP contribution >= 0.6 is 0 Å². The van der Waals surface area contributed by atoms with E-state index in [0.29, 0.717) is 6.61 Å². The number of fused-ring (bicyclic) bond motifs is 1. The number of anilines is 1. The molecule has 0 atom stereocenters. The molecule has 1 aliphatic rings. The molecule has 1 amide bonds. The first kappa shape index (κ1) is 17.4. The maximum Gasteiger partial charge on any atom is 0.224 e. The average Bonchev–Trinajstić information content (AvgIpc) is 3.08. The van der Waals surface area contributed by atoms with Crippen molar-refractivity contribution in [2.24, 2.45) is 0 Å². The molecule has 1 N–H and O–H groups in total. The number of carbonyl (C=O) groups is 2. The zero-order chi connectivity index (χ0) is 17.6. The maximum atomic E-state index is 12.3. The Kier molecular flexibility index (Phi) is 5.61. The Morgan fingerprint density at radius 1 is 1.04 bits per heavy atom. The molecule has 0 unspecified atom stereocenters. The Morgan fingerprint density at radius 2 is 1.88 bits per heavy atom. The van der Waals surface area contributed by atoms with Crippen LogP contribution < -0.4 is 5.32 Å². The molecular weight excluding hydrogens is 314 g/mol. The Labute approximate surface area is 148 Å². The Balaban J connectivity index is 1.53. The summed E-state index contributed by atoms with van der Waals surface area (Å²) in [7, 11) is 1.63. The van der Waals surface area contributed by atoms with Crippen molar-refractivity contribution >= 4 is 17.4 Å². The number of amides is 1. The summed E-state index contributed by atoms with van der Waals surface area (Å²) in [5.74, 6) is -0.123. The first-order valence-corrected chi connectivity index (χ1v) is 8.68. The molecule has 0 heterocycles. The summed E-state index contributed by atoms with van der Waals surface area (Å²) in [6.07, 6.45) is 3.73. The number of ether oxygens (including phenoxy) is 1. The average molecular weight is 337 g/mol. The molecule has 2 aromatic rings. The predicted octanol–water partition coefficient (Wildman–Crippen LogP) is 3.92. The minimum absolute atomic E-state index is 0.0259. The molecule has 0 radical (unpaired) electrons. The summed E-state index contributed by atoms with van der Waals surface area (Å²) < 4.78 is 5.09. The van der Waals surface area contributed by atoms with E-state index in [-0.39, 0.29) is 24.5 Å². The van der Waals surface area contributed by atoms with E-state index in [1.165, 1.54) is 11.1 Å². The van der Waals surface area contributed by atoms with E-state index in [0.717, 1.165) is 36.1 Å². The lowest BCUT2D eigenvalue weighted by Gasteiger charge is -2.08. The van der Waals surface area contributed by atoms with Gasteiger partial charge in [-0.05, 0) is 54.2 Å². The van der Waals surface area contributed by atoms with Gasteiger partial charge in [0, 0.05) is 31.2 Å². The van der Waals surface area contributed by atoms with Crippen molar-refractivity contribution in [2.45, 2.75) is 38.7 Å². The number of aryl methyl sites for hydroxylation is 2. The van der Waals surface area contributed by atoms with Gasteiger partial charge >= 0.3 is 0 Å². The van der Waals surface area contributed by atoms with Crippen LogP contribution in [-0.2, 0) is 29.0 Å². The van der Waals surface area contributed by atoms with Crippen LogP contribution in [0.1, 0.15) is 46.3 Å². The molecule has 1 aliphatic carbocycles. The van der Waals surface area contributed by atoms with E-state index >= 15 is 0 Å². The molecule has 130 valence electrons. The molecule has 0 spiro atoms. The quantitative estimate of drug-likeness (QED) is 0.779. The van der Waals surface area contributed by atoms with E-state index in [9.17, 15) is 9.59 Å². The molecule has 0 fully saturated rings. The van der Waals surface area contributed by atoms with Gasteiger partial charge in [0.25, 0.3) is 0 Å². The number of carbonyl (C=O) groups excluding carboxylic acids is 2. The van der Waals surface area contributed by atoms with E-state index < -0.39 is 0 Å². The number of ketones is 1. The van der Waals surface area contributed by atoms with Crippen molar-refractivity contribution in [3.05, 3.63) is 64.7 Å². The number of rotatable bonds is 7. The van der Waals surface area contributed by atoms with E-state index in [1.54, 1.807) is 7.11 Å². The van der Waals surface area contributed by atoms with Gasteiger partial charge in [0.15, 0.2) is 5.78 Å². The van der Waals surface area contributed by atoms with Gasteiger partial charge in [-0.2, -0.15) is 0 Å². The third kappa shape index (κ3) is 4.54. The number of methoxy groups -OCH3 is 1. The molecule has 0 saturated heterocycles. The van der Waals surface area contributed by atoms with Gasteiger partial charge in [-0.3, -0.25) is 9.59 Å². The standard InChI is InChI=1S/C21H23NO3/c1-25-14-15-4-2-7-19(12-15)22-21(24)11-10-20(23)18-9-8-16-5-3-6-17(16)13-18/h2,4,7-9,12-13H,3,5-6,10-11,14H2,1H3,(H,22,24). The third-order valence-corrected chi connectivity index (χ3v) is 4.52. The normalized spacial score (nSPS) is 12.7. The fourth-order valence-corrected chi connectivity index (χ4v) is 3.25. The predicted molar refractivity (Wildman–Crippen MR) is 97.8 cm³/mol. The minimum Gasteiger partial charge on any atom is -0.380 e. The van der Waals surface area contributed by atoms with Crippen LogP contribution in [0, 0.1) is 0 Å². The summed E-state index contributed by atoms with van der Waals surface area (Å²) >= 11 is 0. The molecule has 2 aromatic carbocycles. The van der Waals surface area contributed by atoms with Gasteiger partial charge in [-0.25, -0.2) is 0 Å². The second kappa shape index (κ2) is 8.08. The highest BCUT2D eigenvalue weighted by Gasteiger charge is 2.15. The molecule has 4 nitrogen and oxygen atoms in total. The summed E-state index contributed by atoms with van der Waals surface area (Å²) in [6, 6.07) is 13.5. The monoisotopic (exact) mass is 337 g/mol. The largest absolute Gasteiger partial charge is 0.380 e. The highest BCUT2D eigenvalue weighted by atomic mass is 16.5. The fourth-order valence-electron chi connectivity index (χ4n) is 3.25. The lowest BCUT2D eigenvalue weighted by atomic mass is 10.0. The van der Waals surface area contributed by atoms with E-state index in [2.05, 4.69) is 11.4 Å². The first-order valence-electron chi connectivity index (χ1n) is 8.68. The van der Waals surface area contributed by atoms with Crippen molar-refractivity contribution in [3.63, 3.8) is 0 Å². The number of Topliss-reactive ketones (excluding diaryl/α,β-unsaturated/α-hetero) is 1. The molecule has 4 heteroatoms. The smallest absolute Gasteiger partial charge is 0.224 e. The topological polar surface area (TPSA) is 55.4 Å². The van der Waals surface area contributed by atoms with E-state index in [1.807, 2.05) is 36.4 Å². The van der Waals surface area contributed by atoms with Crippen LogP contribution in [-0.4, -0.2) is 18.8 Å². The SMILES string of the molecule is COCc1cccc(NC(=O)CCC(=O)c2ccc3c(c2)CCC3)c1. The Bertz CT molecular complexity index is 782. The Hall–Kier alpha value is -2.46. The third-order valence-electron chi connectivity index (χ3n) is 4.52. The highest BCUT2D eigenvalue weighted by Crippen LogP contribution is 2.23. The van der Waals surface area contributed by atoms with Gasteiger partial charge in [0.05, 0.1) is 6.61 Å². The van der Waals surface area contributed by atoms with Gasteiger partial charge in [0.1, 0.15) is 0 Å². The molecule has 0 aromatic heterocycles. The van der Waals surface area contributed by atoms with Crippen LogP contribution in [0.4, 0.5) is 5.69 Å². The Morgan fingerprint density at radius 3 is 2.72 bits per heavy atom. The number of hydrogen-bond donors (Lipinski definition) is 1. The lowest BCUT2D eigenvalue weighted by Crippen LogP contribution is -2.13. The summed E-state index contributed by atoms with van der Waals surface area (Å²) in [4.78, 5) is 24.5. The van der Waals surface area contributed by atoms with Crippen LogP contribution in [0.5, 0.6) is 0 Å². The zero-order valence-electron chi connectivity index (χ0n) is 14.5. The number of benzene rings is 2. The minimum atomic E-state index is -0.149. The van der Waals surface area contributed by atoms with Gasteiger partial charge in [0.2, 0.25) is 5.91 Å².